The zero-order chi connectivity index (χ0) is 14.0. The SMILES string of the molecule is CC1CN(Cc2cc(F)ccc2C(N)=S)CC(C)O1. The first-order valence-electron chi connectivity index (χ1n) is 6.41. The van der Waals surface area contributed by atoms with Crippen LogP contribution in [0.2, 0.25) is 0 Å². The van der Waals surface area contributed by atoms with Gasteiger partial charge in [0, 0.05) is 25.2 Å². The van der Waals surface area contributed by atoms with Gasteiger partial charge in [0.15, 0.2) is 0 Å². The Morgan fingerprint density at radius 1 is 1.42 bits per heavy atom. The fourth-order valence-corrected chi connectivity index (χ4v) is 2.79. The van der Waals surface area contributed by atoms with E-state index in [2.05, 4.69) is 4.90 Å². The van der Waals surface area contributed by atoms with E-state index in [9.17, 15) is 4.39 Å². The van der Waals surface area contributed by atoms with Crippen LogP contribution in [0.4, 0.5) is 4.39 Å². The Bertz CT molecular complexity index is 471. The second kappa shape index (κ2) is 5.94. The highest BCUT2D eigenvalue weighted by Gasteiger charge is 2.23. The van der Waals surface area contributed by atoms with Gasteiger partial charge in [0.2, 0.25) is 0 Å². The van der Waals surface area contributed by atoms with Crippen LogP contribution in [0.15, 0.2) is 18.2 Å². The Labute approximate surface area is 118 Å². The quantitative estimate of drug-likeness (QED) is 0.861. The number of thiocarbonyl (C=S) groups is 1. The standard InChI is InChI=1S/C14H19FN2OS/c1-9-6-17(7-10(2)18-9)8-11-5-12(15)3-4-13(11)14(16)19/h3-5,9-10H,6-8H2,1-2H3,(H2,16,19). The molecule has 1 aliphatic rings. The van der Waals surface area contributed by atoms with Gasteiger partial charge in [0.05, 0.1) is 12.2 Å². The fourth-order valence-electron chi connectivity index (χ4n) is 2.59. The number of ether oxygens (including phenoxy) is 1. The van der Waals surface area contributed by atoms with Crippen LogP contribution in [0.3, 0.4) is 0 Å². The first-order chi connectivity index (χ1) is 8.95. The maximum atomic E-state index is 13.4. The third-order valence-electron chi connectivity index (χ3n) is 3.22. The minimum absolute atomic E-state index is 0.186. The Morgan fingerprint density at radius 3 is 2.63 bits per heavy atom. The zero-order valence-electron chi connectivity index (χ0n) is 11.2. The second-order valence-electron chi connectivity index (χ2n) is 5.12. The minimum atomic E-state index is -0.260. The number of hydrogen-bond acceptors (Lipinski definition) is 3. The third-order valence-corrected chi connectivity index (χ3v) is 3.44. The number of halogens is 1. The van der Waals surface area contributed by atoms with E-state index in [-0.39, 0.29) is 18.0 Å². The van der Waals surface area contributed by atoms with E-state index in [1.807, 2.05) is 13.8 Å². The predicted octanol–water partition coefficient (Wildman–Crippen LogP) is 2.07. The summed E-state index contributed by atoms with van der Waals surface area (Å²) in [6, 6.07) is 4.56. The average Bonchev–Trinajstić information content (AvgIpc) is 2.26. The first-order valence-corrected chi connectivity index (χ1v) is 6.82. The van der Waals surface area contributed by atoms with Gasteiger partial charge < -0.3 is 10.5 Å². The predicted molar refractivity (Wildman–Crippen MR) is 77.6 cm³/mol. The number of hydrogen-bond donors (Lipinski definition) is 1. The highest BCUT2D eigenvalue weighted by atomic mass is 32.1. The maximum absolute atomic E-state index is 13.4. The molecule has 1 aliphatic heterocycles. The summed E-state index contributed by atoms with van der Waals surface area (Å²) in [5.74, 6) is -0.260. The molecule has 2 atom stereocenters. The van der Waals surface area contributed by atoms with Gasteiger partial charge in [0.25, 0.3) is 0 Å². The average molecular weight is 282 g/mol. The lowest BCUT2D eigenvalue weighted by atomic mass is 10.1. The summed E-state index contributed by atoms with van der Waals surface area (Å²) in [4.78, 5) is 2.56. The molecule has 0 bridgehead atoms. The van der Waals surface area contributed by atoms with Crippen molar-refractivity contribution in [3.8, 4) is 0 Å². The molecule has 1 fully saturated rings. The van der Waals surface area contributed by atoms with Gasteiger partial charge in [-0.3, -0.25) is 4.90 Å². The van der Waals surface area contributed by atoms with Crippen LogP contribution in [-0.2, 0) is 11.3 Å². The van der Waals surface area contributed by atoms with Crippen molar-refractivity contribution in [3.05, 3.63) is 35.1 Å². The summed E-state index contributed by atoms with van der Waals surface area (Å²) in [7, 11) is 0. The Morgan fingerprint density at radius 2 is 2.05 bits per heavy atom. The third kappa shape index (κ3) is 3.72. The monoisotopic (exact) mass is 282 g/mol. The van der Waals surface area contributed by atoms with Crippen LogP contribution in [0, 0.1) is 5.82 Å². The van der Waals surface area contributed by atoms with Gasteiger partial charge in [-0.15, -0.1) is 0 Å². The van der Waals surface area contributed by atoms with Gasteiger partial charge in [-0.25, -0.2) is 4.39 Å². The Kier molecular flexibility index (Phi) is 4.50. The molecule has 0 radical (unpaired) electrons. The summed E-state index contributed by atoms with van der Waals surface area (Å²) in [6.45, 7) is 6.39. The van der Waals surface area contributed by atoms with Crippen LogP contribution in [-0.4, -0.2) is 35.2 Å². The number of nitrogens with two attached hydrogens (primary N) is 1. The molecule has 1 saturated heterocycles. The van der Waals surface area contributed by atoms with Gasteiger partial charge in [-0.2, -0.15) is 0 Å². The number of benzene rings is 1. The molecule has 0 saturated carbocycles. The van der Waals surface area contributed by atoms with E-state index < -0.39 is 0 Å². The second-order valence-corrected chi connectivity index (χ2v) is 5.56. The summed E-state index contributed by atoms with van der Waals surface area (Å²) >= 11 is 5.02. The highest BCUT2D eigenvalue weighted by molar-refractivity contribution is 7.80. The molecule has 3 nitrogen and oxygen atoms in total. The molecule has 5 heteroatoms. The molecule has 1 aromatic carbocycles. The number of morpholine rings is 1. The normalized spacial score (nSPS) is 24.4. The largest absolute Gasteiger partial charge is 0.389 e. The Hall–Kier alpha value is -1.04. The first kappa shape index (κ1) is 14.4. The van der Waals surface area contributed by atoms with E-state index in [1.54, 1.807) is 6.07 Å². The maximum Gasteiger partial charge on any atom is 0.123 e. The summed E-state index contributed by atoms with van der Waals surface area (Å²) < 4.78 is 19.1. The van der Waals surface area contributed by atoms with Crippen molar-refractivity contribution in [2.45, 2.75) is 32.6 Å². The van der Waals surface area contributed by atoms with Crippen LogP contribution < -0.4 is 5.73 Å². The molecular weight excluding hydrogens is 263 g/mol. The molecule has 0 spiro atoms. The van der Waals surface area contributed by atoms with Gasteiger partial charge in [-0.1, -0.05) is 12.2 Å². The minimum Gasteiger partial charge on any atom is -0.389 e. The van der Waals surface area contributed by atoms with Crippen molar-refractivity contribution in [1.29, 1.82) is 0 Å². The smallest absolute Gasteiger partial charge is 0.123 e. The molecule has 0 aromatic heterocycles. The van der Waals surface area contributed by atoms with Crippen molar-refractivity contribution >= 4 is 17.2 Å². The van der Waals surface area contributed by atoms with Crippen LogP contribution >= 0.6 is 12.2 Å². The molecule has 0 aliphatic carbocycles. The van der Waals surface area contributed by atoms with Gasteiger partial charge >= 0.3 is 0 Å². The molecular formula is C14H19FN2OS. The Balaban J connectivity index is 2.18. The van der Waals surface area contributed by atoms with Crippen molar-refractivity contribution in [3.63, 3.8) is 0 Å². The summed E-state index contributed by atoms with van der Waals surface area (Å²) in [6.07, 6.45) is 0.371. The van der Waals surface area contributed by atoms with Crippen LogP contribution in [0.5, 0.6) is 0 Å². The lowest BCUT2D eigenvalue weighted by Crippen LogP contribution is -2.45. The molecule has 1 aromatic rings. The van der Waals surface area contributed by atoms with E-state index in [4.69, 9.17) is 22.7 Å². The van der Waals surface area contributed by atoms with Crippen molar-refractivity contribution in [2.24, 2.45) is 5.73 Å². The molecule has 2 unspecified atom stereocenters. The molecule has 0 amide bonds. The number of rotatable bonds is 3. The van der Waals surface area contributed by atoms with E-state index in [1.165, 1.54) is 12.1 Å². The van der Waals surface area contributed by atoms with Crippen LogP contribution in [0.1, 0.15) is 25.0 Å². The topological polar surface area (TPSA) is 38.5 Å². The summed E-state index contributed by atoms with van der Waals surface area (Å²) in [5, 5.41) is 0. The molecule has 2 rings (SSSR count). The lowest BCUT2D eigenvalue weighted by Gasteiger charge is -2.35. The van der Waals surface area contributed by atoms with E-state index >= 15 is 0 Å². The zero-order valence-corrected chi connectivity index (χ0v) is 12.0. The molecule has 2 N–H and O–H groups in total. The lowest BCUT2D eigenvalue weighted by molar-refractivity contribution is -0.0705. The van der Waals surface area contributed by atoms with Crippen LogP contribution in [0.25, 0.3) is 0 Å². The highest BCUT2D eigenvalue weighted by Crippen LogP contribution is 2.18. The molecule has 19 heavy (non-hydrogen) atoms. The number of nitrogens with zero attached hydrogens (tertiary/aromatic N) is 1. The molecule has 1 heterocycles. The molecule has 104 valence electrons. The van der Waals surface area contributed by atoms with Crippen molar-refractivity contribution < 1.29 is 9.13 Å². The van der Waals surface area contributed by atoms with Crippen molar-refractivity contribution in [1.82, 2.24) is 4.90 Å². The van der Waals surface area contributed by atoms with Crippen molar-refractivity contribution in [2.75, 3.05) is 13.1 Å². The fraction of sp³-hybridized carbons (Fsp3) is 0.500. The van der Waals surface area contributed by atoms with Gasteiger partial charge in [-0.05, 0) is 37.6 Å². The van der Waals surface area contributed by atoms with Gasteiger partial charge in [0.1, 0.15) is 10.8 Å². The summed E-state index contributed by atoms with van der Waals surface area (Å²) in [5.41, 5.74) is 7.28. The van der Waals surface area contributed by atoms with E-state index in [0.717, 1.165) is 24.2 Å². The van der Waals surface area contributed by atoms with E-state index in [0.29, 0.717) is 11.5 Å².